The van der Waals surface area contributed by atoms with Gasteiger partial charge >= 0.3 is 0 Å². The third-order valence-electron chi connectivity index (χ3n) is 2.29. The van der Waals surface area contributed by atoms with Crippen LogP contribution in [0.15, 0.2) is 24.3 Å². The van der Waals surface area contributed by atoms with Crippen LogP contribution in [0, 0.1) is 11.3 Å². The van der Waals surface area contributed by atoms with E-state index in [1.54, 1.807) is 24.3 Å². The Morgan fingerprint density at radius 2 is 1.94 bits per heavy atom. The van der Waals surface area contributed by atoms with E-state index in [0.29, 0.717) is 17.9 Å². The first-order chi connectivity index (χ1) is 8.40. The van der Waals surface area contributed by atoms with E-state index in [2.05, 4.69) is 5.32 Å². The van der Waals surface area contributed by atoms with Crippen LogP contribution < -0.4 is 10.1 Å². The van der Waals surface area contributed by atoms with Crippen molar-refractivity contribution in [2.24, 2.45) is 0 Å². The molecule has 2 N–H and O–H groups in total. The topological polar surface area (TPSA) is 65.3 Å². The summed E-state index contributed by atoms with van der Waals surface area (Å²) in [6.07, 6.45) is -0.556. The van der Waals surface area contributed by atoms with Crippen LogP contribution in [-0.2, 0) is 0 Å². The molecule has 1 atom stereocenters. The SMILES string of the molecule is CC(C)(C)NC[C@H](O)COc1ccc(C#N)cc1. The minimum Gasteiger partial charge on any atom is -0.491 e. The molecule has 0 saturated carbocycles. The van der Waals surface area contributed by atoms with Crippen molar-refractivity contribution in [2.75, 3.05) is 13.2 Å². The van der Waals surface area contributed by atoms with Crippen LogP contribution in [0.2, 0.25) is 0 Å². The molecule has 0 aromatic heterocycles. The predicted molar refractivity (Wildman–Crippen MR) is 70.4 cm³/mol. The highest BCUT2D eigenvalue weighted by Crippen LogP contribution is 2.11. The van der Waals surface area contributed by atoms with Gasteiger partial charge in [0.1, 0.15) is 18.5 Å². The molecular weight excluding hydrogens is 228 g/mol. The highest BCUT2D eigenvalue weighted by atomic mass is 16.5. The molecular formula is C14H20N2O2. The lowest BCUT2D eigenvalue weighted by Gasteiger charge is -2.22. The molecule has 0 unspecified atom stereocenters. The second-order valence-corrected chi connectivity index (χ2v) is 5.23. The van der Waals surface area contributed by atoms with E-state index in [9.17, 15) is 5.11 Å². The molecule has 0 aliphatic carbocycles. The van der Waals surface area contributed by atoms with Gasteiger partial charge in [-0.1, -0.05) is 0 Å². The first-order valence-electron chi connectivity index (χ1n) is 5.97. The van der Waals surface area contributed by atoms with Crippen LogP contribution in [0.5, 0.6) is 5.75 Å². The quantitative estimate of drug-likeness (QED) is 0.832. The van der Waals surface area contributed by atoms with Gasteiger partial charge in [-0.25, -0.2) is 0 Å². The molecule has 0 heterocycles. The van der Waals surface area contributed by atoms with Crippen LogP contribution in [0.3, 0.4) is 0 Å². The average molecular weight is 248 g/mol. The maximum atomic E-state index is 9.73. The Labute approximate surface area is 108 Å². The number of rotatable bonds is 5. The molecule has 0 saturated heterocycles. The monoisotopic (exact) mass is 248 g/mol. The van der Waals surface area contributed by atoms with Gasteiger partial charge in [-0.15, -0.1) is 0 Å². The van der Waals surface area contributed by atoms with Crippen LogP contribution >= 0.6 is 0 Å². The van der Waals surface area contributed by atoms with E-state index in [0.717, 1.165) is 0 Å². The van der Waals surface area contributed by atoms with E-state index in [4.69, 9.17) is 10.00 Å². The zero-order chi connectivity index (χ0) is 13.6. The molecule has 1 aromatic carbocycles. The summed E-state index contributed by atoms with van der Waals surface area (Å²) in [6.45, 7) is 6.85. The summed E-state index contributed by atoms with van der Waals surface area (Å²) in [7, 11) is 0. The van der Waals surface area contributed by atoms with Gasteiger partial charge in [0.05, 0.1) is 11.6 Å². The Morgan fingerprint density at radius 3 is 2.44 bits per heavy atom. The third-order valence-corrected chi connectivity index (χ3v) is 2.29. The number of nitrogens with zero attached hydrogens (tertiary/aromatic N) is 1. The zero-order valence-electron chi connectivity index (χ0n) is 11.1. The molecule has 0 fully saturated rings. The number of ether oxygens (including phenoxy) is 1. The molecule has 0 aliphatic heterocycles. The van der Waals surface area contributed by atoms with Crippen molar-refractivity contribution in [3.05, 3.63) is 29.8 Å². The fraction of sp³-hybridized carbons (Fsp3) is 0.500. The molecule has 4 heteroatoms. The van der Waals surface area contributed by atoms with Gasteiger partial charge in [-0.3, -0.25) is 0 Å². The van der Waals surface area contributed by atoms with Crippen molar-refractivity contribution in [3.8, 4) is 11.8 Å². The lowest BCUT2D eigenvalue weighted by atomic mass is 10.1. The Balaban J connectivity index is 2.33. The Bertz CT molecular complexity index is 401. The number of nitriles is 1. The summed E-state index contributed by atoms with van der Waals surface area (Å²) in [6, 6.07) is 8.87. The third kappa shape index (κ3) is 5.67. The van der Waals surface area contributed by atoms with Gasteiger partial charge in [-0.2, -0.15) is 5.26 Å². The second-order valence-electron chi connectivity index (χ2n) is 5.23. The molecule has 4 nitrogen and oxygen atoms in total. The molecule has 0 amide bonds. The number of β-amino-alcohol motifs (C(OH)–C–C–N with tert-alkyl or cyclic N) is 1. The van der Waals surface area contributed by atoms with Crippen molar-refractivity contribution in [1.29, 1.82) is 5.26 Å². The van der Waals surface area contributed by atoms with Crippen molar-refractivity contribution in [1.82, 2.24) is 5.32 Å². The minimum absolute atomic E-state index is 0.0184. The molecule has 0 bridgehead atoms. The fourth-order valence-electron chi connectivity index (χ4n) is 1.30. The number of nitrogens with one attached hydrogen (secondary N) is 1. The fourth-order valence-corrected chi connectivity index (χ4v) is 1.30. The predicted octanol–water partition coefficient (Wildman–Crippen LogP) is 1.69. The Kier molecular flexibility index (Phi) is 5.14. The summed E-state index contributed by atoms with van der Waals surface area (Å²) in [5.41, 5.74) is 0.576. The maximum absolute atomic E-state index is 9.73. The lowest BCUT2D eigenvalue weighted by molar-refractivity contribution is 0.100. The van der Waals surface area contributed by atoms with E-state index >= 15 is 0 Å². The normalized spacial score (nSPS) is 12.8. The number of hydrogen-bond acceptors (Lipinski definition) is 4. The van der Waals surface area contributed by atoms with E-state index < -0.39 is 6.10 Å². The second kappa shape index (κ2) is 6.39. The zero-order valence-corrected chi connectivity index (χ0v) is 11.1. The molecule has 0 aliphatic rings. The molecule has 1 rings (SSSR count). The van der Waals surface area contributed by atoms with E-state index in [1.165, 1.54) is 0 Å². The number of benzene rings is 1. The summed E-state index contributed by atoms with van der Waals surface area (Å²) >= 11 is 0. The summed E-state index contributed by atoms with van der Waals surface area (Å²) in [5.74, 6) is 0.656. The van der Waals surface area contributed by atoms with Crippen LogP contribution in [0.1, 0.15) is 26.3 Å². The molecule has 18 heavy (non-hydrogen) atoms. The van der Waals surface area contributed by atoms with E-state index in [-0.39, 0.29) is 12.1 Å². The summed E-state index contributed by atoms with van der Waals surface area (Å²) in [4.78, 5) is 0. The standard InChI is InChI=1S/C14H20N2O2/c1-14(2,3)16-9-12(17)10-18-13-6-4-11(8-15)5-7-13/h4-7,12,16-17H,9-10H2,1-3H3/t12-/m0/s1. The van der Waals surface area contributed by atoms with Gasteiger partial charge in [0.15, 0.2) is 0 Å². The Hall–Kier alpha value is -1.57. The largest absolute Gasteiger partial charge is 0.491 e. The summed E-state index contributed by atoms with van der Waals surface area (Å²) in [5, 5.41) is 21.6. The smallest absolute Gasteiger partial charge is 0.119 e. The van der Waals surface area contributed by atoms with Gasteiger partial charge in [-0.05, 0) is 45.0 Å². The average Bonchev–Trinajstić information content (AvgIpc) is 2.33. The molecule has 1 aromatic rings. The Morgan fingerprint density at radius 1 is 1.33 bits per heavy atom. The maximum Gasteiger partial charge on any atom is 0.119 e. The van der Waals surface area contributed by atoms with E-state index in [1.807, 2.05) is 26.8 Å². The minimum atomic E-state index is -0.556. The van der Waals surface area contributed by atoms with Crippen LogP contribution in [0.25, 0.3) is 0 Å². The lowest BCUT2D eigenvalue weighted by Crippen LogP contribution is -2.42. The van der Waals surface area contributed by atoms with Gasteiger partial charge in [0, 0.05) is 12.1 Å². The van der Waals surface area contributed by atoms with Gasteiger partial charge in [0.25, 0.3) is 0 Å². The van der Waals surface area contributed by atoms with Crippen LogP contribution in [-0.4, -0.2) is 29.9 Å². The molecule has 0 radical (unpaired) electrons. The number of hydrogen-bond donors (Lipinski definition) is 2. The van der Waals surface area contributed by atoms with Gasteiger partial charge in [0.2, 0.25) is 0 Å². The van der Waals surface area contributed by atoms with Crippen LogP contribution in [0.4, 0.5) is 0 Å². The van der Waals surface area contributed by atoms with Crippen molar-refractivity contribution in [2.45, 2.75) is 32.4 Å². The van der Waals surface area contributed by atoms with Crippen molar-refractivity contribution in [3.63, 3.8) is 0 Å². The number of aliphatic hydroxyl groups excluding tert-OH is 1. The molecule has 98 valence electrons. The van der Waals surface area contributed by atoms with Gasteiger partial charge < -0.3 is 15.2 Å². The first-order valence-corrected chi connectivity index (χ1v) is 5.97. The van der Waals surface area contributed by atoms with Crippen molar-refractivity contribution < 1.29 is 9.84 Å². The first kappa shape index (κ1) is 14.5. The number of aliphatic hydroxyl groups is 1. The highest BCUT2D eigenvalue weighted by Gasteiger charge is 2.12. The van der Waals surface area contributed by atoms with Crippen molar-refractivity contribution >= 4 is 0 Å². The molecule has 0 spiro atoms. The highest BCUT2D eigenvalue weighted by molar-refractivity contribution is 5.34. The summed E-state index contributed by atoms with van der Waals surface area (Å²) < 4.78 is 5.43.